The molecule has 0 spiro atoms. The van der Waals surface area contributed by atoms with Gasteiger partial charge in [-0.3, -0.25) is 4.79 Å². The van der Waals surface area contributed by atoms with Crippen LogP contribution in [0.3, 0.4) is 0 Å². The summed E-state index contributed by atoms with van der Waals surface area (Å²) < 4.78 is 66.4. The quantitative estimate of drug-likeness (QED) is 0.867. The third kappa shape index (κ3) is 4.12. The third-order valence-corrected chi connectivity index (χ3v) is 7.15. The summed E-state index contributed by atoms with van der Waals surface area (Å²) >= 11 is 0. The van der Waals surface area contributed by atoms with Crippen molar-refractivity contribution < 1.29 is 31.1 Å². The van der Waals surface area contributed by atoms with Gasteiger partial charge in [0.25, 0.3) is 0 Å². The minimum absolute atomic E-state index is 0.145. The lowest BCUT2D eigenvalue weighted by Gasteiger charge is -2.31. The van der Waals surface area contributed by atoms with Crippen molar-refractivity contribution in [1.82, 2.24) is 4.98 Å². The molecule has 1 N–H and O–H groups in total. The minimum Gasteiger partial charge on any atom is -0.381 e. The predicted octanol–water partition coefficient (Wildman–Crippen LogP) is 2.41. The molecule has 1 aliphatic rings. The number of nitrogens with zero attached hydrogens (tertiary/aromatic N) is 1. The summed E-state index contributed by atoms with van der Waals surface area (Å²) in [6, 6.07) is 1.75. The standard InChI is InChI=1S/C15H19F3N2O4S/c1-14(2,25(22,23)11-5-7-24-8-6-11)13(21)20-12-4-3-10(9-19-12)15(16,17)18/h3-4,9,11H,5-8H2,1-2H3,(H,19,20,21). The topological polar surface area (TPSA) is 85.4 Å². The Hall–Kier alpha value is -1.68. The largest absolute Gasteiger partial charge is 0.417 e. The number of pyridine rings is 1. The predicted molar refractivity (Wildman–Crippen MR) is 84.7 cm³/mol. The number of rotatable bonds is 4. The molecule has 0 radical (unpaired) electrons. The van der Waals surface area contributed by atoms with Crippen LogP contribution >= 0.6 is 0 Å². The Morgan fingerprint density at radius 2 is 1.84 bits per heavy atom. The molecule has 0 unspecified atom stereocenters. The molecular formula is C15H19F3N2O4S. The number of amides is 1. The van der Waals surface area contributed by atoms with E-state index in [0.29, 0.717) is 32.3 Å². The second-order valence-electron chi connectivity index (χ2n) is 6.25. The maximum absolute atomic E-state index is 12.7. The highest BCUT2D eigenvalue weighted by atomic mass is 32.2. The van der Waals surface area contributed by atoms with Gasteiger partial charge in [0.05, 0.1) is 10.8 Å². The van der Waals surface area contributed by atoms with E-state index in [4.69, 9.17) is 4.74 Å². The first-order valence-electron chi connectivity index (χ1n) is 7.62. The molecule has 1 aromatic rings. The zero-order valence-corrected chi connectivity index (χ0v) is 14.6. The van der Waals surface area contributed by atoms with Gasteiger partial charge < -0.3 is 10.1 Å². The highest BCUT2D eigenvalue weighted by molar-refractivity contribution is 7.94. The van der Waals surface area contributed by atoms with Gasteiger partial charge in [-0.05, 0) is 38.8 Å². The monoisotopic (exact) mass is 380 g/mol. The summed E-state index contributed by atoms with van der Waals surface area (Å²) in [6.07, 6.45) is -3.36. The molecule has 0 aromatic carbocycles. The molecule has 0 bridgehead atoms. The Kier molecular flexibility index (Phi) is 5.43. The van der Waals surface area contributed by atoms with Crippen molar-refractivity contribution in [2.45, 2.75) is 42.9 Å². The Morgan fingerprint density at radius 3 is 2.32 bits per heavy atom. The second-order valence-corrected chi connectivity index (χ2v) is 9.03. The van der Waals surface area contributed by atoms with Crippen LogP contribution in [0.1, 0.15) is 32.3 Å². The smallest absolute Gasteiger partial charge is 0.381 e. The lowest BCUT2D eigenvalue weighted by molar-refractivity contribution is -0.137. The molecular weight excluding hydrogens is 361 g/mol. The molecule has 2 rings (SSSR count). The van der Waals surface area contributed by atoms with Gasteiger partial charge in [0.1, 0.15) is 10.6 Å². The van der Waals surface area contributed by atoms with Gasteiger partial charge in [-0.15, -0.1) is 0 Å². The van der Waals surface area contributed by atoms with E-state index in [-0.39, 0.29) is 5.82 Å². The number of carbonyl (C=O) groups is 1. The van der Waals surface area contributed by atoms with Crippen molar-refractivity contribution in [3.8, 4) is 0 Å². The van der Waals surface area contributed by atoms with Gasteiger partial charge in [-0.25, -0.2) is 13.4 Å². The van der Waals surface area contributed by atoms with E-state index in [1.807, 2.05) is 0 Å². The van der Waals surface area contributed by atoms with Crippen LogP contribution in [0.15, 0.2) is 18.3 Å². The minimum atomic E-state index is -4.54. The number of hydrogen-bond acceptors (Lipinski definition) is 5. The van der Waals surface area contributed by atoms with Crippen molar-refractivity contribution in [1.29, 1.82) is 0 Å². The van der Waals surface area contributed by atoms with Gasteiger partial charge >= 0.3 is 6.18 Å². The summed E-state index contributed by atoms with van der Waals surface area (Å²) in [7, 11) is -3.81. The maximum atomic E-state index is 12.7. The Labute approximate surface area is 143 Å². The van der Waals surface area contributed by atoms with E-state index in [0.717, 1.165) is 12.1 Å². The normalized spacial score (nSPS) is 17.3. The van der Waals surface area contributed by atoms with Crippen molar-refractivity contribution >= 4 is 21.6 Å². The first-order chi connectivity index (χ1) is 11.5. The number of halogens is 3. The number of hydrogen-bond donors (Lipinski definition) is 1. The van der Waals surface area contributed by atoms with Crippen LogP contribution in [0, 0.1) is 0 Å². The van der Waals surface area contributed by atoms with Crippen molar-refractivity contribution in [3.63, 3.8) is 0 Å². The average molecular weight is 380 g/mol. The molecule has 0 aliphatic carbocycles. The number of aromatic nitrogens is 1. The van der Waals surface area contributed by atoms with Crippen molar-refractivity contribution in [2.24, 2.45) is 0 Å². The lowest BCUT2D eigenvalue weighted by atomic mass is 10.2. The third-order valence-electron chi connectivity index (χ3n) is 4.20. The van der Waals surface area contributed by atoms with Crippen LogP contribution < -0.4 is 5.32 Å². The van der Waals surface area contributed by atoms with E-state index in [1.54, 1.807) is 0 Å². The average Bonchev–Trinajstić information content (AvgIpc) is 2.55. The molecule has 10 heteroatoms. The first kappa shape index (κ1) is 19.6. The van der Waals surface area contributed by atoms with Crippen molar-refractivity contribution in [3.05, 3.63) is 23.9 Å². The fourth-order valence-corrected chi connectivity index (χ4v) is 4.39. The van der Waals surface area contributed by atoms with Gasteiger partial charge in [0.2, 0.25) is 5.91 Å². The SMILES string of the molecule is CC(C)(C(=O)Nc1ccc(C(F)(F)F)cn1)S(=O)(=O)C1CCOCC1. The van der Waals surface area contributed by atoms with Crippen LogP contribution in [0.25, 0.3) is 0 Å². The number of anilines is 1. The van der Waals surface area contributed by atoms with E-state index < -0.39 is 37.5 Å². The fourth-order valence-electron chi connectivity index (χ4n) is 2.43. The summed E-state index contributed by atoms with van der Waals surface area (Å²) in [4.78, 5) is 15.9. The molecule has 1 aliphatic heterocycles. The van der Waals surface area contributed by atoms with Crippen LogP contribution in [-0.2, 0) is 25.5 Å². The molecule has 1 aromatic heterocycles. The van der Waals surface area contributed by atoms with Crippen LogP contribution in [-0.4, -0.2) is 42.5 Å². The Bertz CT molecular complexity index is 724. The molecule has 0 saturated carbocycles. The molecule has 2 heterocycles. The van der Waals surface area contributed by atoms with Crippen LogP contribution in [0.4, 0.5) is 19.0 Å². The Balaban J connectivity index is 2.15. The van der Waals surface area contributed by atoms with E-state index in [2.05, 4.69) is 10.3 Å². The molecule has 140 valence electrons. The van der Waals surface area contributed by atoms with Crippen LogP contribution in [0.5, 0.6) is 0 Å². The molecule has 25 heavy (non-hydrogen) atoms. The first-order valence-corrected chi connectivity index (χ1v) is 9.17. The van der Waals surface area contributed by atoms with Gasteiger partial charge in [0.15, 0.2) is 9.84 Å². The number of ether oxygens (including phenoxy) is 1. The Morgan fingerprint density at radius 1 is 1.24 bits per heavy atom. The van der Waals surface area contributed by atoms with Gasteiger partial charge in [-0.1, -0.05) is 0 Å². The summed E-state index contributed by atoms with van der Waals surface area (Å²) in [6.45, 7) is 3.17. The fraction of sp³-hybridized carbons (Fsp3) is 0.600. The zero-order valence-electron chi connectivity index (χ0n) is 13.8. The molecule has 1 saturated heterocycles. The summed E-state index contributed by atoms with van der Waals surface area (Å²) in [5.41, 5.74) is -0.959. The molecule has 6 nitrogen and oxygen atoms in total. The van der Waals surface area contributed by atoms with Crippen LogP contribution in [0.2, 0.25) is 0 Å². The van der Waals surface area contributed by atoms with Gasteiger partial charge in [0, 0.05) is 19.4 Å². The highest BCUT2D eigenvalue weighted by Crippen LogP contribution is 2.30. The molecule has 0 atom stereocenters. The van der Waals surface area contributed by atoms with E-state index in [9.17, 15) is 26.4 Å². The van der Waals surface area contributed by atoms with Crippen molar-refractivity contribution in [2.75, 3.05) is 18.5 Å². The lowest BCUT2D eigenvalue weighted by Crippen LogP contribution is -2.50. The second kappa shape index (κ2) is 6.91. The number of alkyl halides is 3. The summed E-state index contributed by atoms with van der Waals surface area (Å²) in [5.74, 6) is -0.987. The number of sulfone groups is 1. The van der Waals surface area contributed by atoms with E-state index in [1.165, 1.54) is 13.8 Å². The van der Waals surface area contributed by atoms with E-state index >= 15 is 0 Å². The molecule has 1 fully saturated rings. The van der Waals surface area contributed by atoms with Gasteiger partial charge in [-0.2, -0.15) is 13.2 Å². The highest BCUT2D eigenvalue weighted by Gasteiger charge is 2.46. The molecule has 1 amide bonds. The maximum Gasteiger partial charge on any atom is 0.417 e. The zero-order chi connectivity index (χ0) is 18.9. The number of carbonyl (C=O) groups excluding carboxylic acids is 1. The number of nitrogens with one attached hydrogen (secondary N) is 1. The summed E-state index contributed by atoms with van der Waals surface area (Å²) in [5, 5.41) is 1.59.